The Bertz CT molecular complexity index is 724. The molecule has 0 aliphatic carbocycles. The molecule has 0 spiro atoms. The van der Waals surface area contributed by atoms with Gasteiger partial charge in [-0.2, -0.15) is 0 Å². The summed E-state index contributed by atoms with van der Waals surface area (Å²) in [4.78, 5) is 1.57. The molecule has 1 nitrogen and oxygen atoms in total. The molecule has 1 aliphatic rings. The van der Waals surface area contributed by atoms with Gasteiger partial charge in [0.05, 0.1) is 17.1 Å². The number of hydrogen-bond acceptors (Lipinski definition) is 0. The van der Waals surface area contributed by atoms with Crippen LogP contribution in [0.25, 0.3) is 16.6 Å². The fraction of sp³-hybridized carbons (Fsp3) is 0.300. The second kappa shape index (κ2) is 7.06. The molecule has 0 atom stereocenters. The molecule has 1 aromatic heterocycles. The lowest BCUT2D eigenvalue weighted by atomic mass is 10.2. The van der Waals surface area contributed by atoms with Gasteiger partial charge in [-0.05, 0) is 37.1 Å². The van der Waals surface area contributed by atoms with E-state index in [0.717, 1.165) is 0 Å². The summed E-state index contributed by atoms with van der Waals surface area (Å²) >= 11 is 0. The smallest absolute Gasteiger partial charge is 0.180 e. The second-order valence-electron chi connectivity index (χ2n) is 5.32. The van der Waals surface area contributed by atoms with Gasteiger partial charge in [0.25, 0.3) is 0 Å². The zero-order chi connectivity index (χ0) is 15.4. The van der Waals surface area contributed by atoms with Crippen molar-refractivity contribution in [3.05, 3.63) is 60.8 Å². The maximum absolute atomic E-state index is 2.38. The maximum Gasteiger partial charge on any atom is 0.180 e. The minimum atomic E-state index is 0.461. The van der Waals surface area contributed by atoms with Gasteiger partial charge in [0, 0.05) is 16.6 Å². The Labute approximate surface area is 136 Å². The molecule has 1 aliphatic heterocycles. The van der Waals surface area contributed by atoms with Crippen molar-refractivity contribution < 1.29 is 0 Å². The number of benzene rings is 2. The van der Waals surface area contributed by atoms with Crippen LogP contribution >= 0.6 is 0 Å². The number of aromatic nitrogens is 1. The molecule has 3 aromatic rings. The van der Waals surface area contributed by atoms with E-state index in [1.54, 1.807) is 4.90 Å². The van der Waals surface area contributed by atoms with Crippen LogP contribution in [0.15, 0.2) is 65.7 Å². The van der Waals surface area contributed by atoms with Gasteiger partial charge in [0.1, 0.15) is 11.5 Å². The van der Waals surface area contributed by atoms with Crippen molar-refractivity contribution in [3.8, 4) is 5.69 Å². The molecule has 2 heteroatoms. The first kappa shape index (κ1) is 15.2. The average molecular weight is 310 g/mol. The molecule has 0 N–H and O–H groups in total. The van der Waals surface area contributed by atoms with Crippen molar-refractivity contribution >= 4 is 21.8 Å². The van der Waals surface area contributed by atoms with Gasteiger partial charge in [-0.25, -0.2) is 0 Å². The van der Waals surface area contributed by atoms with Crippen LogP contribution in [0.5, 0.6) is 0 Å². The fourth-order valence-electron chi connectivity index (χ4n) is 3.06. The third kappa shape index (κ3) is 2.80. The van der Waals surface area contributed by atoms with Crippen molar-refractivity contribution in [3.63, 3.8) is 0 Å². The van der Waals surface area contributed by atoms with Crippen molar-refractivity contribution in [1.82, 2.24) is 4.57 Å². The van der Waals surface area contributed by atoms with Crippen molar-refractivity contribution in [2.75, 3.05) is 11.5 Å². The fourth-order valence-corrected chi connectivity index (χ4v) is 5.54. The molecular formula is C20H24NS+. The Kier molecular flexibility index (Phi) is 4.89. The van der Waals surface area contributed by atoms with Crippen LogP contribution in [0.3, 0.4) is 0 Å². The molecule has 114 valence electrons. The number of hydrogen-bond donors (Lipinski definition) is 0. The first-order valence-corrected chi connectivity index (χ1v) is 9.83. The Morgan fingerprint density at radius 3 is 2.18 bits per heavy atom. The second-order valence-corrected chi connectivity index (χ2v) is 7.57. The van der Waals surface area contributed by atoms with Gasteiger partial charge < -0.3 is 4.57 Å². The molecule has 0 amide bonds. The molecule has 0 bridgehead atoms. The van der Waals surface area contributed by atoms with E-state index in [-0.39, 0.29) is 0 Å². The van der Waals surface area contributed by atoms with Crippen molar-refractivity contribution in [1.29, 1.82) is 0 Å². The van der Waals surface area contributed by atoms with Crippen LogP contribution in [0.4, 0.5) is 0 Å². The van der Waals surface area contributed by atoms with Gasteiger partial charge in [-0.3, -0.25) is 0 Å². The van der Waals surface area contributed by atoms with Crippen LogP contribution in [0, 0.1) is 0 Å². The van der Waals surface area contributed by atoms with Gasteiger partial charge in [0.2, 0.25) is 0 Å². The largest absolute Gasteiger partial charge is 0.311 e. The summed E-state index contributed by atoms with van der Waals surface area (Å²) in [7, 11) is 0.461. The summed E-state index contributed by atoms with van der Waals surface area (Å²) in [5.74, 6) is 2.76. The van der Waals surface area contributed by atoms with E-state index in [2.05, 4.69) is 65.4 Å². The summed E-state index contributed by atoms with van der Waals surface area (Å²) < 4.78 is 2.36. The third-order valence-corrected chi connectivity index (χ3v) is 6.56. The Morgan fingerprint density at radius 2 is 1.45 bits per heavy atom. The lowest BCUT2D eigenvalue weighted by molar-refractivity contribution is 0.949. The molecule has 0 saturated carbocycles. The number of fused-ring (bicyclic) bond motifs is 1. The monoisotopic (exact) mass is 310 g/mol. The first-order chi connectivity index (χ1) is 10.9. The Morgan fingerprint density at radius 1 is 0.818 bits per heavy atom. The van der Waals surface area contributed by atoms with E-state index in [0.29, 0.717) is 10.9 Å². The van der Waals surface area contributed by atoms with Crippen LogP contribution in [0.1, 0.15) is 26.7 Å². The molecule has 1 fully saturated rings. The zero-order valence-corrected chi connectivity index (χ0v) is 14.3. The number of para-hydroxylation sites is 2. The lowest BCUT2D eigenvalue weighted by Gasteiger charge is -2.03. The van der Waals surface area contributed by atoms with Crippen LogP contribution in [-0.4, -0.2) is 16.1 Å². The normalized spacial score (nSPS) is 14.8. The molecule has 2 heterocycles. The average Bonchev–Trinajstić information content (AvgIpc) is 3.25. The molecule has 0 unspecified atom stereocenters. The Hall–Kier alpha value is -1.67. The quantitative estimate of drug-likeness (QED) is 0.556. The first-order valence-electron chi connectivity index (χ1n) is 8.26. The highest BCUT2D eigenvalue weighted by Crippen LogP contribution is 2.32. The molecule has 0 radical (unpaired) electrons. The van der Waals surface area contributed by atoms with E-state index in [9.17, 15) is 0 Å². The summed E-state index contributed by atoms with van der Waals surface area (Å²) in [6.45, 7) is 4.00. The van der Waals surface area contributed by atoms with Gasteiger partial charge >= 0.3 is 0 Å². The predicted octanol–water partition coefficient (Wildman–Crippen LogP) is 5.43. The highest BCUT2D eigenvalue weighted by molar-refractivity contribution is 7.97. The summed E-state index contributed by atoms with van der Waals surface area (Å²) in [5.41, 5.74) is 2.60. The third-order valence-electron chi connectivity index (χ3n) is 4.05. The van der Waals surface area contributed by atoms with Gasteiger partial charge in [0.15, 0.2) is 4.90 Å². The highest BCUT2D eigenvalue weighted by atomic mass is 32.2. The summed E-state index contributed by atoms with van der Waals surface area (Å²) in [6, 6.07) is 19.5. The van der Waals surface area contributed by atoms with E-state index in [1.165, 1.54) is 40.9 Å². The van der Waals surface area contributed by atoms with E-state index in [1.807, 2.05) is 13.8 Å². The standard InChI is InChI=1S/C18H18NS.C2H6/c1-2-8-15(9-3-1)19-14-18(20-12-6-7-13-20)16-10-4-5-11-17(16)19;1-2/h1-5,8-11,14H,6-7,12-13H2;1-2H3/q+1;. The van der Waals surface area contributed by atoms with Crippen molar-refractivity contribution in [2.24, 2.45) is 0 Å². The van der Waals surface area contributed by atoms with E-state index >= 15 is 0 Å². The molecule has 22 heavy (non-hydrogen) atoms. The SMILES string of the molecule is CC.c1ccc(-n2cc([S+]3CCCC3)c3ccccc32)cc1. The Balaban J connectivity index is 0.000000693. The van der Waals surface area contributed by atoms with Gasteiger partial charge in [-0.1, -0.05) is 44.2 Å². The number of rotatable bonds is 2. The molecule has 4 rings (SSSR count). The summed E-state index contributed by atoms with van der Waals surface area (Å²) in [6.07, 6.45) is 5.18. The molecule has 2 aromatic carbocycles. The lowest BCUT2D eigenvalue weighted by Crippen LogP contribution is -2.02. The van der Waals surface area contributed by atoms with E-state index in [4.69, 9.17) is 0 Å². The van der Waals surface area contributed by atoms with Gasteiger partial charge in [-0.15, -0.1) is 0 Å². The number of nitrogens with zero attached hydrogens (tertiary/aromatic N) is 1. The minimum absolute atomic E-state index is 0.461. The summed E-state index contributed by atoms with van der Waals surface area (Å²) in [5, 5.41) is 1.45. The highest BCUT2D eigenvalue weighted by Gasteiger charge is 2.30. The zero-order valence-electron chi connectivity index (χ0n) is 13.5. The minimum Gasteiger partial charge on any atom is -0.311 e. The maximum atomic E-state index is 2.38. The molecule has 1 saturated heterocycles. The molecular weight excluding hydrogens is 286 g/mol. The topological polar surface area (TPSA) is 4.93 Å². The van der Waals surface area contributed by atoms with Crippen molar-refractivity contribution in [2.45, 2.75) is 31.6 Å². The van der Waals surface area contributed by atoms with E-state index < -0.39 is 0 Å². The van der Waals surface area contributed by atoms with Crippen LogP contribution in [0.2, 0.25) is 0 Å². The van der Waals surface area contributed by atoms with Crippen LogP contribution in [-0.2, 0) is 10.9 Å². The predicted molar refractivity (Wildman–Crippen MR) is 99.2 cm³/mol. The van der Waals surface area contributed by atoms with Crippen LogP contribution < -0.4 is 0 Å².